The third-order valence-corrected chi connectivity index (χ3v) is 3.48. The first-order chi connectivity index (χ1) is 7.70. The molecule has 0 aliphatic heterocycles. The van der Waals surface area contributed by atoms with Crippen LogP contribution in [-0.2, 0) is 13.1 Å². The summed E-state index contributed by atoms with van der Waals surface area (Å²) < 4.78 is 2.06. The van der Waals surface area contributed by atoms with Crippen LogP contribution in [0.1, 0.15) is 25.5 Å². The molecule has 1 fully saturated rings. The quantitative estimate of drug-likeness (QED) is 0.783. The molecule has 4 heteroatoms. The van der Waals surface area contributed by atoms with Crippen LogP contribution in [0.25, 0.3) is 0 Å². The lowest BCUT2D eigenvalue weighted by Crippen LogP contribution is -2.30. The summed E-state index contributed by atoms with van der Waals surface area (Å²) in [6, 6.07) is 0.680. The van der Waals surface area contributed by atoms with Gasteiger partial charge in [-0.2, -0.15) is 0 Å². The van der Waals surface area contributed by atoms with Crippen molar-refractivity contribution in [2.45, 2.75) is 38.9 Å². The molecule has 1 aliphatic carbocycles. The predicted molar refractivity (Wildman–Crippen MR) is 64.9 cm³/mol. The summed E-state index contributed by atoms with van der Waals surface area (Å²) in [4.78, 5) is 6.80. The Morgan fingerprint density at radius 3 is 3.00 bits per heavy atom. The topological polar surface area (TPSA) is 47.1 Å². The molecule has 1 aliphatic rings. The summed E-state index contributed by atoms with van der Waals surface area (Å²) in [6.07, 6.45) is 6.76. The molecule has 0 spiro atoms. The molecule has 0 bridgehead atoms. The molecule has 2 rings (SSSR count). The molecule has 0 saturated heterocycles. The Hall–Kier alpha value is -0.870. The van der Waals surface area contributed by atoms with Crippen LogP contribution in [0.3, 0.4) is 0 Å². The van der Waals surface area contributed by atoms with Crippen LogP contribution >= 0.6 is 0 Å². The van der Waals surface area contributed by atoms with Gasteiger partial charge in [-0.05, 0) is 32.7 Å². The van der Waals surface area contributed by atoms with Crippen molar-refractivity contribution in [3.05, 3.63) is 18.2 Å². The first-order valence-corrected chi connectivity index (χ1v) is 6.11. The normalized spacial score (nSPS) is 18.0. The monoisotopic (exact) mass is 222 g/mol. The Morgan fingerprint density at radius 1 is 1.62 bits per heavy atom. The molecular weight excluding hydrogens is 200 g/mol. The average molecular weight is 222 g/mol. The van der Waals surface area contributed by atoms with E-state index in [9.17, 15) is 0 Å². The van der Waals surface area contributed by atoms with E-state index in [1.165, 1.54) is 12.8 Å². The zero-order chi connectivity index (χ0) is 11.5. The maximum Gasteiger partial charge on any atom is 0.0950 e. The van der Waals surface area contributed by atoms with Gasteiger partial charge in [-0.3, -0.25) is 4.90 Å². The molecule has 0 amide bonds. The molecule has 0 radical (unpaired) electrons. The lowest BCUT2D eigenvalue weighted by molar-refractivity contribution is 0.224. The molecule has 1 atom stereocenters. The Morgan fingerprint density at radius 2 is 2.38 bits per heavy atom. The van der Waals surface area contributed by atoms with Crippen molar-refractivity contribution in [3.8, 4) is 0 Å². The van der Waals surface area contributed by atoms with Gasteiger partial charge >= 0.3 is 0 Å². The fourth-order valence-corrected chi connectivity index (χ4v) is 2.10. The van der Waals surface area contributed by atoms with E-state index in [-0.39, 0.29) is 0 Å². The molecular formula is C12H22N4. The van der Waals surface area contributed by atoms with Crippen molar-refractivity contribution in [1.29, 1.82) is 0 Å². The van der Waals surface area contributed by atoms with E-state index in [1.807, 2.05) is 6.33 Å². The van der Waals surface area contributed by atoms with Gasteiger partial charge in [0.25, 0.3) is 0 Å². The lowest BCUT2D eigenvalue weighted by atomic mass is 10.2. The van der Waals surface area contributed by atoms with E-state index in [1.54, 1.807) is 0 Å². The highest BCUT2D eigenvalue weighted by Crippen LogP contribution is 2.34. The zero-order valence-corrected chi connectivity index (χ0v) is 10.3. The van der Waals surface area contributed by atoms with Crippen molar-refractivity contribution < 1.29 is 0 Å². The van der Waals surface area contributed by atoms with Crippen molar-refractivity contribution in [3.63, 3.8) is 0 Å². The van der Waals surface area contributed by atoms with E-state index in [0.717, 1.165) is 24.7 Å². The molecule has 1 aromatic rings. The predicted octanol–water partition coefficient (Wildman–Crippen LogP) is 1.07. The van der Waals surface area contributed by atoms with Crippen LogP contribution in [-0.4, -0.2) is 34.1 Å². The summed E-state index contributed by atoms with van der Waals surface area (Å²) in [7, 11) is 2.19. The SMILES string of the molecule is CC(C1CC1)N(C)Cc1cn(CCN)cn1. The van der Waals surface area contributed by atoms with Crippen LogP contribution in [0.15, 0.2) is 12.5 Å². The lowest BCUT2D eigenvalue weighted by Gasteiger charge is -2.23. The van der Waals surface area contributed by atoms with Gasteiger partial charge in [-0.25, -0.2) is 4.98 Å². The van der Waals surface area contributed by atoms with Gasteiger partial charge in [0.2, 0.25) is 0 Å². The largest absolute Gasteiger partial charge is 0.336 e. The highest BCUT2D eigenvalue weighted by Gasteiger charge is 2.30. The summed E-state index contributed by atoms with van der Waals surface area (Å²) in [6.45, 7) is 4.78. The van der Waals surface area contributed by atoms with Crippen molar-refractivity contribution >= 4 is 0 Å². The number of rotatable bonds is 6. The van der Waals surface area contributed by atoms with Crippen LogP contribution in [0.2, 0.25) is 0 Å². The second-order valence-electron chi connectivity index (χ2n) is 4.88. The molecule has 1 saturated carbocycles. The number of nitrogens with two attached hydrogens (primary N) is 1. The second-order valence-corrected chi connectivity index (χ2v) is 4.88. The number of aromatic nitrogens is 2. The third kappa shape index (κ3) is 2.83. The Kier molecular flexibility index (Phi) is 3.61. The highest BCUT2D eigenvalue weighted by atomic mass is 15.2. The van der Waals surface area contributed by atoms with Gasteiger partial charge in [0.1, 0.15) is 0 Å². The second kappa shape index (κ2) is 4.97. The van der Waals surface area contributed by atoms with Crippen molar-refractivity contribution in [2.75, 3.05) is 13.6 Å². The number of imidazole rings is 1. The minimum absolute atomic E-state index is 0.671. The Balaban J connectivity index is 1.86. The van der Waals surface area contributed by atoms with Crippen LogP contribution in [0.5, 0.6) is 0 Å². The molecule has 90 valence electrons. The van der Waals surface area contributed by atoms with Crippen LogP contribution in [0, 0.1) is 5.92 Å². The molecule has 4 nitrogen and oxygen atoms in total. The first-order valence-electron chi connectivity index (χ1n) is 6.11. The number of hydrogen-bond acceptors (Lipinski definition) is 3. The fourth-order valence-electron chi connectivity index (χ4n) is 2.10. The van der Waals surface area contributed by atoms with Gasteiger partial charge in [-0.15, -0.1) is 0 Å². The maximum absolute atomic E-state index is 5.51. The van der Waals surface area contributed by atoms with Crippen molar-refractivity contribution in [1.82, 2.24) is 14.5 Å². The standard InChI is InChI=1S/C12H22N4/c1-10(11-3-4-11)15(2)7-12-8-16(6-5-13)9-14-12/h8-11H,3-7,13H2,1-2H3. The van der Waals surface area contributed by atoms with Gasteiger partial charge in [0.15, 0.2) is 0 Å². The first kappa shape index (κ1) is 11.6. The number of nitrogens with zero attached hydrogens (tertiary/aromatic N) is 3. The summed E-state index contributed by atoms with van der Waals surface area (Å²) in [5.74, 6) is 0.913. The minimum atomic E-state index is 0.671. The molecule has 0 aromatic carbocycles. The molecule has 16 heavy (non-hydrogen) atoms. The number of hydrogen-bond donors (Lipinski definition) is 1. The van der Waals surface area contributed by atoms with Gasteiger partial charge in [0.05, 0.1) is 12.0 Å². The molecule has 1 heterocycles. The van der Waals surface area contributed by atoms with Gasteiger partial charge in [0, 0.05) is 31.9 Å². The minimum Gasteiger partial charge on any atom is -0.336 e. The Bertz CT molecular complexity index is 330. The van der Waals surface area contributed by atoms with Gasteiger partial charge in [-0.1, -0.05) is 0 Å². The Labute approximate surface area is 97.4 Å². The van der Waals surface area contributed by atoms with Crippen LogP contribution < -0.4 is 5.73 Å². The summed E-state index contributed by atoms with van der Waals surface area (Å²) >= 11 is 0. The highest BCUT2D eigenvalue weighted by molar-refractivity contribution is 4.97. The van der Waals surface area contributed by atoms with E-state index >= 15 is 0 Å². The average Bonchev–Trinajstić information content (AvgIpc) is 3.02. The molecule has 1 unspecified atom stereocenters. The van der Waals surface area contributed by atoms with Crippen molar-refractivity contribution in [2.24, 2.45) is 11.7 Å². The zero-order valence-electron chi connectivity index (χ0n) is 10.3. The van der Waals surface area contributed by atoms with E-state index in [2.05, 4.69) is 34.6 Å². The molecule has 2 N–H and O–H groups in total. The summed E-state index contributed by atoms with van der Waals surface area (Å²) in [5.41, 5.74) is 6.65. The third-order valence-electron chi connectivity index (χ3n) is 3.48. The van der Waals surface area contributed by atoms with E-state index in [4.69, 9.17) is 5.73 Å². The summed E-state index contributed by atoms with van der Waals surface area (Å²) in [5, 5.41) is 0. The fraction of sp³-hybridized carbons (Fsp3) is 0.750. The molecule has 1 aromatic heterocycles. The maximum atomic E-state index is 5.51. The van der Waals surface area contributed by atoms with Gasteiger partial charge < -0.3 is 10.3 Å². The van der Waals surface area contributed by atoms with E-state index < -0.39 is 0 Å². The smallest absolute Gasteiger partial charge is 0.0950 e. The van der Waals surface area contributed by atoms with Crippen LogP contribution in [0.4, 0.5) is 0 Å². The van der Waals surface area contributed by atoms with E-state index in [0.29, 0.717) is 12.6 Å².